The molecule has 4 rings (SSSR count). The maximum atomic E-state index is 12.4. The van der Waals surface area contributed by atoms with Crippen molar-refractivity contribution in [3.8, 4) is 10.6 Å². The van der Waals surface area contributed by atoms with Gasteiger partial charge in [-0.1, -0.05) is 17.4 Å². The number of amides is 1. The molecule has 1 fully saturated rings. The number of nitrogens with one attached hydrogen (secondary N) is 2. The van der Waals surface area contributed by atoms with Gasteiger partial charge in [0.05, 0.1) is 21.2 Å². The summed E-state index contributed by atoms with van der Waals surface area (Å²) >= 11 is 1.35. The first-order valence-corrected chi connectivity index (χ1v) is 11.7. The van der Waals surface area contributed by atoms with E-state index in [2.05, 4.69) is 42.4 Å². The summed E-state index contributed by atoms with van der Waals surface area (Å²) in [6.07, 6.45) is 2.03. The zero-order valence-electron chi connectivity index (χ0n) is 19.0. The Labute approximate surface area is 201 Å². The second kappa shape index (κ2) is 10.6. The van der Waals surface area contributed by atoms with E-state index in [1.807, 2.05) is 6.92 Å². The SMILES string of the molecule is Cc1nc(NC(=O)CCN2CCN(C)CC2)sc1-c1ccnc(Nc2cccc([N+](=O)[O-])c2)n1. The molecule has 0 aliphatic carbocycles. The summed E-state index contributed by atoms with van der Waals surface area (Å²) < 4.78 is 0. The van der Waals surface area contributed by atoms with Gasteiger partial charge in [-0.05, 0) is 26.1 Å². The highest BCUT2D eigenvalue weighted by Gasteiger charge is 2.17. The second-order valence-corrected chi connectivity index (χ2v) is 9.07. The minimum atomic E-state index is -0.454. The number of hydrogen-bond donors (Lipinski definition) is 2. The molecule has 1 saturated heterocycles. The van der Waals surface area contributed by atoms with Crippen molar-refractivity contribution in [1.29, 1.82) is 0 Å². The average molecular weight is 483 g/mol. The number of aryl methyl sites for hydroxylation is 1. The predicted molar refractivity (Wildman–Crippen MR) is 131 cm³/mol. The van der Waals surface area contributed by atoms with Gasteiger partial charge in [-0.15, -0.1) is 0 Å². The van der Waals surface area contributed by atoms with Crippen LogP contribution < -0.4 is 10.6 Å². The number of piperazine rings is 1. The lowest BCUT2D eigenvalue weighted by Crippen LogP contribution is -2.45. The molecule has 1 aliphatic rings. The number of carbonyl (C=O) groups excluding carboxylic acids is 1. The maximum Gasteiger partial charge on any atom is 0.271 e. The molecule has 1 aromatic carbocycles. The van der Waals surface area contributed by atoms with Crippen LogP contribution in [-0.4, -0.2) is 75.4 Å². The zero-order chi connectivity index (χ0) is 24.1. The van der Waals surface area contributed by atoms with E-state index in [0.29, 0.717) is 28.9 Å². The predicted octanol–water partition coefficient (Wildman–Crippen LogP) is 3.14. The van der Waals surface area contributed by atoms with Gasteiger partial charge in [-0.3, -0.25) is 14.9 Å². The fourth-order valence-electron chi connectivity index (χ4n) is 3.57. The Hall–Kier alpha value is -3.48. The Morgan fingerprint density at radius 3 is 2.76 bits per heavy atom. The van der Waals surface area contributed by atoms with E-state index < -0.39 is 4.92 Å². The minimum absolute atomic E-state index is 0.0209. The van der Waals surface area contributed by atoms with Gasteiger partial charge in [0.25, 0.3) is 5.69 Å². The summed E-state index contributed by atoms with van der Waals surface area (Å²) in [5.41, 5.74) is 1.89. The number of non-ortho nitro benzene ring substituents is 1. The molecule has 2 aromatic heterocycles. The van der Waals surface area contributed by atoms with Crippen molar-refractivity contribution >= 4 is 39.7 Å². The third kappa shape index (κ3) is 6.10. The van der Waals surface area contributed by atoms with Crippen molar-refractivity contribution in [3.63, 3.8) is 0 Å². The summed E-state index contributed by atoms with van der Waals surface area (Å²) in [5.74, 6) is 0.249. The lowest BCUT2D eigenvalue weighted by Gasteiger charge is -2.32. The zero-order valence-corrected chi connectivity index (χ0v) is 19.8. The van der Waals surface area contributed by atoms with E-state index in [-0.39, 0.29) is 11.6 Å². The summed E-state index contributed by atoms with van der Waals surface area (Å²) in [6, 6.07) is 7.90. The summed E-state index contributed by atoms with van der Waals surface area (Å²) in [6.45, 7) is 6.59. The number of nitro groups is 1. The Bertz CT molecular complexity index is 1180. The van der Waals surface area contributed by atoms with Crippen LogP contribution in [0.15, 0.2) is 36.5 Å². The van der Waals surface area contributed by atoms with Gasteiger partial charge in [-0.25, -0.2) is 15.0 Å². The van der Waals surface area contributed by atoms with Crippen LogP contribution in [-0.2, 0) is 4.79 Å². The molecule has 0 bridgehead atoms. The van der Waals surface area contributed by atoms with Crippen LogP contribution in [0.4, 0.5) is 22.5 Å². The summed E-state index contributed by atoms with van der Waals surface area (Å²) in [7, 11) is 2.11. The van der Waals surface area contributed by atoms with E-state index in [0.717, 1.165) is 43.3 Å². The Morgan fingerprint density at radius 2 is 2.00 bits per heavy atom. The number of hydrogen-bond acceptors (Lipinski definition) is 10. The maximum absolute atomic E-state index is 12.4. The molecule has 12 heteroatoms. The van der Waals surface area contributed by atoms with Crippen molar-refractivity contribution < 1.29 is 9.72 Å². The molecule has 0 radical (unpaired) electrons. The first-order chi connectivity index (χ1) is 16.4. The van der Waals surface area contributed by atoms with Gasteiger partial charge in [0, 0.05) is 63.2 Å². The van der Waals surface area contributed by atoms with E-state index in [9.17, 15) is 14.9 Å². The normalized spacial score (nSPS) is 14.6. The Balaban J connectivity index is 1.39. The van der Waals surface area contributed by atoms with Crippen LogP contribution >= 0.6 is 11.3 Å². The quantitative estimate of drug-likeness (QED) is 0.367. The lowest BCUT2D eigenvalue weighted by molar-refractivity contribution is -0.384. The van der Waals surface area contributed by atoms with E-state index in [1.165, 1.54) is 23.5 Å². The monoisotopic (exact) mass is 482 g/mol. The highest BCUT2D eigenvalue weighted by molar-refractivity contribution is 7.19. The van der Waals surface area contributed by atoms with Crippen molar-refractivity contribution in [2.24, 2.45) is 0 Å². The van der Waals surface area contributed by atoms with Crippen LogP contribution in [0.5, 0.6) is 0 Å². The molecule has 1 amide bonds. The molecular weight excluding hydrogens is 456 g/mol. The fraction of sp³-hybridized carbons (Fsp3) is 0.364. The minimum Gasteiger partial charge on any atom is -0.324 e. The number of thiazole rings is 1. The van der Waals surface area contributed by atoms with Gasteiger partial charge >= 0.3 is 0 Å². The average Bonchev–Trinajstić information content (AvgIpc) is 3.19. The number of benzene rings is 1. The largest absolute Gasteiger partial charge is 0.324 e. The molecule has 0 spiro atoms. The van der Waals surface area contributed by atoms with Crippen molar-refractivity contribution in [3.05, 3.63) is 52.3 Å². The van der Waals surface area contributed by atoms with Crippen molar-refractivity contribution in [1.82, 2.24) is 24.8 Å². The highest BCUT2D eigenvalue weighted by atomic mass is 32.1. The number of rotatable bonds is 8. The van der Waals surface area contributed by atoms with Gasteiger partial charge in [0.1, 0.15) is 0 Å². The number of carbonyl (C=O) groups is 1. The molecule has 1 aliphatic heterocycles. The Kier molecular flexibility index (Phi) is 7.40. The lowest BCUT2D eigenvalue weighted by atomic mass is 10.3. The standard InChI is InChI=1S/C22H26N8O3S/c1-15-20(34-22(24-15)27-19(31)7-9-29-12-10-28(2)11-13-29)18-6-8-23-21(26-18)25-16-4-3-5-17(14-16)30(32)33/h3-6,8,14H,7,9-13H2,1-2H3,(H,23,25,26)(H,24,27,31). The van der Waals surface area contributed by atoms with Crippen LogP contribution in [0.1, 0.15) is 12.1 Å². The number of likely N-dealkylation sites (N-methyl/N-ethyl adjacent to an activating group) is 1. The molecule has 34 heavy (non-hydrogen) atoms. The van der Waals surface area contributed by atoms with Crippen LogP contribution in [0, 0.1) is 17.0 Å². The fourth-order valence-corrected chi connectivity index (χ4v) is 4.52. The Morgan fingerprint density at radius 1 is 1.21 bits per heavy atom. The molecule has 0 atom stereocenters. The van der Waals surface area contributed by atoms with Gasteiger partial charge in [-0.2, -0.15) is 0 Å². The second-order valence-electron chi connectivity index (χ2n) is 8.07. The van der Waals surface area contributed by atoms with Gasteiger partial charge in [0.15, 0.2) is 5.13 Å². The first kappa shape index (κ1) is 23.7. The van der Waals surface area contributed by atoms with Crippen LogP contribution in [0.2, 0.25) is 0 Å². The smallest absolute Gasteiger partial charge is 0.271 e. The number of nitro benzene ring substituents is 1. The summed E-state index contributed by atoms with van der Waals surface area (Å²) in [5, 5.41) is 17.4. The molecule has 0 saturated carbocycles. The number of nitrogens with zero attached hydrogens (tertiary/aromatic N) is 6. The third-order valence-electron chi connectivity index (χ3n) is 5.50. The molecule has 2 N–H and O–H groups in total. The molecule has 11 nitrogen and oxygen atoms in total. The third-order valence-corrected chi connectivity index (χ3v) is 6.59. The topological polar surface area (TPSA) is 129 Å². The molecular formula is C22H26N8O3S. The van der Waals surface area contributed by atoms with Crippen LogP contribution in [0.25, 0.3) is 10.6 Å². The van der Waals surface area contributed by atoms with Crippen LogP contribution in [0.3, 0.4) is 0 Å². The van der Waals surface area contributed by atoms with E-state index in [1.54, 1.807) is 24.4 Å². The van der Waals surface area contributed by atoms with Gasteiger partial charge in [0.2, 0.25) is 11.9 Å². The molecule has 3 aromatic rings. The van der Waals surface area contributed by atoms with Gasteiger partial charge < -0.3 is 20.4 Å². The number of aromatic nitrogens is 3. The highest BCUT2D eigenvalue weighted by Crippen LogP contribution is 2.32. The molecule has 178 valence electrons. The van der Waals surface area contributed by atoms with E-state index in [4.69, 9.17) is 0 Å². The first-order valence-electron chi connectivity index (χ1n) is 10.9. The van der Waals surface area contributed by atoms with Crippen molar-refractivity contribution in [2.45, 2.75) is 13.3 Å². The number of anilines is 3. The van der Waals surface area contributed by atoms with E-state index >= 15 is 0 Å². The van der Waals surface area contributed by atoms with Crippen molar-refractivity contribution in [2.75, 3.05) is 50.4 Å². The summed E-state index contributed by atoms with van der Waals surface area (Å²) in [4.78, 5) is 41.6. The molecule has 3 heterocycles. The molecule has 0 unspecified atom stereocenters.